The highest BCUT2D eigenvalue weighted by Crippen LogP contribution is 2.39. The molecule has 0 unspecified atom stereocenters. The third-order valence-electron chi connectivity index (χ3n) is 3.13. The molecular weight excluding hydrogens is 322 g/mol. The third kappa shape index (κ3) is 2.94. The molecule has 0 atom stereocenters. The molecule has 0 spiro atoms. The second-order valence-electron chi connectivity index (χ2n) is 4.61. The molecule has 0 fully saturated rings. The van der Waals surface area contributed by atoms with Gasteiger partial charge < -0.3 is 4.74 Å². The van der Waals surface area contributed by atoms with Crippen molar-refractivity contribution in [2.24, 2.45) is 0 Å². The second kappa shape index (κ2) is 5.97. The van der Waals surface area contributed by atoms with Gasteiger partial charge in [0.2, 0.25) is 5.88 Å². The average Bonchev–Trinajstić information content (AvgIpc) is 2.96. The van der Waals surface area contributed by atoms with Crippen LogP contribution in [0.2, 0.25) is 0 Å². The number of hydrogen-bond donors (Lipinski definition) is 0. The Balaban J connectivity index is 2.01. The molecule has 9 heteroatoms. The molecule has 0 N–H and O–H groups in total. The van der Waals surface area contributed by atoms with Gasteiger partial charge in [0.1, 0.15) is 12.0 Å². The lowest BCUT2D eigenvalue weighted by Gasteiger charge is -2.03. The molecule has 116 valence electrons. The normalized spacial score (nSPS) is 10.6. The van der Waals surface area contributed by atoms with E-state index in [0.717, 1.165) is 23.2 Å². The lowest BCUT2D eigenvalue weighted by molar-refractivity contribution is -0.393. The summed E-state index contributed by atoms with van der Waals surface area (Å²) in [6.07, 6.45) is 0. The monoisotopic (exact) mass is 331 g/mol. The van der Waals surface area contributed by atoms with Gasteiger partial charge in [0.05, 0.1) is 20.6 Å². The Labute approximate surface area is 133 Å². The molecule has 0 aliphatic heterocycles. The number of nitro groups is 2. The minimum atomic E-state index is -0.670. The Morgan fingerprint density at radius 3 is 2.48 bits per heavy atom. The van der Waals surface area contributed by atoms with Crippen LogP contribution in [0.5, 0.6) is 5.88 Å². The number of nitro benzene ring substituents is 2. The summed E-state index contributed by atoms with van der Waals surface area (Å²) >= 11 is 0.928. The maximum absolute atomic E-state index is 11.2. The maximum Gasteiger partial charge on any atom is 0.290 e. The summed E-state index contributed by atoms with van der Waals surface area (Å²) < 4.78 is 9.95. The summed E-state index contributed by atoms with van der Waals surface area (Å²) in [5, 5.41) is 22.3. The number of nitrogens with zero attached hydrogens (tertiary/aromatic N) is 3. The molecule has 2 aromatic carbocycles. The first-order valence-corrected chi connectivity index (χ1v) is 7.22. The first-order chi connectivity index (χ1) is 11.1. The van der Waals surface area contributed by atoms with E-state index < -0.39 is 9.85 Å². The molecule has 3 aromatic rings. The van der Waals surface area contributed by atoms with E-state index in [0.29, 0.717) is 4.70 Å². The number of non-ortho nitro benzene ring substituents is 2. The Kier molecular flexibility index (Phi) is 3.85. The molecular formula is C14H9N3O5S. The van der Waals surface area contributed by atoms with Crippen molar-refractivity contribution in [2.75, 3.05) is 0 Å². The van der Waals surface area contributed by atoms with Crippen LogP contribution in [0.1, 0.15) is 5.56 Å². The first kappa shape index (κ1) is 14.9. The zero-order chi connectivity index (χ0) is 16.4. The fourth-order valence-corrected chi connectivity index (χ4v) is 2.87. The van der Waals surface area contributed by atoms with E-state index in [4.69, 9.17) is 4.74 Å². The van der Waals surface area contributed by atoms with Gasteiger partial charge in [-0.15, -0.1) is 0 Å². The standard InChI is InChI=1S/C14H9N3O5S/c18-16(19)10-6-11(17(20)21)13-12(7-10)23-15-14(13)22-8-9-4-2-1-3-5-9/h1-7H,8H2. The van der Waals surface area contributed by atoms with Crippen molar-refractivity contribution in [3.63, 3.8) is 0 Å². The van der Waals surface area contributed by atoms with Gasteiger partial charge in [0.15, 0.2) is 0 Å². The van der Waals surface area contributed by atoms with Crippen molar-refractivity contribution in [3.05, 3.63) is 68.3 Å². The molecule has 0 bridgehead atoms. The van der Waals surface area contributed by atoms with Crippen LogP contribution in [-0.4, -0.2) is 14.2 Å². The molecule has 0 aliphatic carbocycles. The molecule has 1 heterocycles. The molecule has 23 heavy (non-hydrogen) atoms. The summed E-state index contributed by atoms with van der Waals surface area (Å²) in [4.78, 5) is 20.8. The number of fused-ring (bicyclic) bond motifs is 1. The van der Waals surface area contributed by atoms with Crippen molar-refractivity contribution in [2.45, 2.75) is 6.61 Å². The number of ether oxygens (including phenoxy) is 1. The highest BCUT2D eigenvalue weighted by atomic mass is 32.1. The van der Waals surface area contributed by atoms with Gasteiger partial charge in [-0.3, -0.25) is 20.2 Å². The lowest BCUT2D eigenvalue weighted by Crippen LogP contribution is -1.97. The van der Waals surface area contributed by atoms with Crippen molar-refractivity contribution in [1.82, 2.24) is 4.37 Å². The maximum atomic E-state index is 11.2. The van der Waals surface area contributed by atoms with E-state index in [1.54, 1.807) is 0 Å². The SMILES string of the molecule is O=[N+]([O-])c1cc([N+](=O)[O-])c2c(OCc3ccccc3)nsc2c1. The fraction of sp³-hybridized carbons (Fsp3) is 0.0714. The Morgan fingerprint density at radius 2 is 1.83 bits per heavy atom. The number of hydrogen-bond acceptors (Lipinski definition) is 7. The highest BCUT2D eigenvalue weighted by molar-refractivity contribution is 7.13. The zero-order valence-corrected chi connectivity index (χ0v) is 12.4. The van der Waals surface area contributed by atoms with E-state index in [9.17, 15) is 20.2 Å². The zero-order valence-electron chi connectivity index (χ0n) is 11.5. The third-order valence-corrected chi connectivity index (χ3v) is 3.91. The van der Waals surface area contributed by atoms with Crippen LogP contribution in [0.15, 0.2) is 42.5 Å². The molecule has 3 rings (SSSR count). The van der Waals surface area contributed by atoms with Gasteiger partial charge in [-0.25, -0.2) is 0 Å². The van der Waals surface area contributed by atoms with Crippen LogP contribution in [0.25, 0.3) is 10.1 Å². The predicted molar refractivity (Wildman–Crippen MR) is 83.7 cm³/mol. The summed E-state index contributed by atoms with van der Waals surface area (Å²) in [5.74, 6) is 0.107. The second-order valence-corrected chi connectivity index (χ2v) is 5.42. The number of benzene rings is 2. The van der Waals surface area contributed by atoms with Crippen LogP contribution in [0.3, 0.4) is 0 Å². The van der Waals surface area contributed by atoms with Crippen LogP contribution < -0.4 is 4.74 Å². The van der Waals surface area contributed by atoms with Crippen LogP contribution >= 0.6 is 11.5 Å². The topological polar surface area (TPSA) is 108 Å². The summed E-state index contributed by atoms with van der Waals surface area (Å²) in [7, 11) is 0. The largest absolute Gasteiger partial charge is 0.472 e. The van der Waals surface area contributed by atoms with Crippen molar-refractivity contribution in [3.8, 4) is 5.88 Å². The number of aromatic nitrogens is 1. The van der Waals surface area contributed by atoms with E-state index in [1.165, 1.54) is 6.07 Å². The van der Waals surface area contributed by atoms with Gasteiger partial charge in [0, 0.05) is 6.07 Å². The van der Waals surface area contributed by atoms with Gasteiger partial charge in [-0.1, -0.05) is 30.3 Å². The molecule has 0 saturated heterocycles. The van der Waals surface area contributed by atoms with E-state index in [2.05, 4.69) is 4.37 Å². The molecule has 8 nitrogen and oxygen atoms in total. The number of rotatable bonds is 5. The Morgan fingerprint density at radius 1 is 1.09 bits per heavy atom. The van der Waals surface area contributed by atoms with E-state index in [-0.39, 0.29) is 29.2 Å². The molecule has 0 saturated carbocycles. The lowest BCUT2D eigenvalue weighted by atomic mass is 10.2. The minimum Gasteiger partial charge on any atom is -0.472 e. The smallest absolute Gasteiger partial charge is 0.290 e. The van der Waals surface area contributed by atoms with E-state index >= 15 is 0 Å². The van der Waals surface area contributed by atoms with Gasteiger partial charge in [-0.2, -0.15) is 4.37 Å². The predicted octanol–water partition coefficient (Wildman–Crippen LogP) is 3.69. The Hall–Kier alpha value is -3.07. The Bertz CT molecular complexity index is 894. The summed E-state index contributed by atoms with van der Waals surface area (Å²) in [6.45, 7) is 0.202. The summed E-state index contributed by atoms with van der Waals surface area (Å²) in [6, 6.07) is 11.5. The molecule has 0 amide bonds. The molecule has 0 aliphatic rings. The van der Waals surface area contributed by atoms with Crippen molar-refractivity contribution >= 4 is 33.0 Å². The van der Waals surface area contributed by atoms with Crippen molar-refractivity contribution < 1.29 is 14.6 Å². The van der Waals surface area contributed by atoms with Gasteiger partial charge in [-0.05, 0) is 17.1 Å². The average molecular weight is 331 g/mol. The molecule has 1 aromatic heterocycles. The van der Waals surface area contributed by atoms with Crippen LogP contribution in [0.4, 0.5) is 11.4 Å². The van der Waals surface area contributed by atoms with Crippen molar-refractivity contribution in [1.29, 1.82) is 0 Å². The first-order valence-electron chi connectivity index (χ1n) is 6.45. The summed E-state index contributed by atoms with van der Waals surface area (Å²) in [5.41, 5.74) is 0.159. The van der Waals surface area contributed by atoms with Crippen LogP contribution in [0, 0.1) is 20.2 Å². The van der Waals surface area contributed by atoms with Crippen LogP contribution in [-0.2, 0) is 6.61 Å². The quantitative estimate of drug-likeness (QED) is 0.521. The van der Waals surface area contributed by atoms with Gasteiger partial charge >= 0.3 is 0 Å². The minimum absolute atomic E-state index is 0.107. The van der Waals surface area contributed by atoms with Gasteiger partial charge in [0.25, 0.3) is 11.4 Å². The fourth-order valence-electron chi connectivity index (χ4n) is 2.08. The van der Waals surface area contributed by atoms with E-state index in [1.807, 2.05) is 30.3 Å². The highest BCUT2D eigenvalue weighted by Gasteiger charge is 2.25. The molecule has 0 radical (unpaired) electrons.